The van der Waals surface area contributed by atoms with E-state index in [1.54, 1.807) is 12.3 Å². The summed E-state index contributed by atoms with van der Waals surface area (Å²) in [5.41, 5.74) is 2.78. The van der Waals surface area contributed by atoms with Gasteiger partial charge in [0, 0.05) is 29.8 Å². The molecule has 0 N–H and O–H groups in total. The van der Waals surface area contributed by atoms with Crippen LogP contribution in [0, 0.1) is 5.41 Å². The number of rotatable bonds is 4. The van der Waals surface area contributed by atoms with Crippen LogP contribution in [0.3, 0.4) is 0 Å². The normalized spacial score (nSPS) is 20.9. The Hall–Kier alpha value is -2.11. The number of hydrogen-bond acceptors (Lipinski definition) is 4. The summed E-state index contributed by atoms with van der Waals surface area (Å²) in [7, 11) is 0. The Morgan fingerprint density at radius 1 is 1.37 bits per heavy atom. The maximum absolute atomic E-state index is 12.1. The molecule has 0 fully saturated rings. The molecule has 2 aromatic rings. The smallest absolute Gasteiger partial charge is 0.269 e. The van der Waals surface area contributed by atoms with Gasteiger partial charge in [-0.1, -0.05) is 30.1 Å². The van der Waals surface area contributed by atoms with Gasteiger partial charge in [-0.25, -0.2) is 4.98 Å². The first-order valence-corrected chi connectivity index (χ1v) is 9.61. The summed E-state index contributed by atoms with van der Waals surface area (Å²) in [6.07, 6.45) is 9.31. The van der Waals surface area contributed by atoms with Gasteiger partial charge in [0.05, 0.1) is 5.02 Å². The molecule has 1 aromatic heterocycles. The molecule has 1 atom stereocenters. The number of halogens is 2. The third kappa shape index (κ3) is 2.99. The molecule has 27 heavy (non-hydrogen) atoms. The number of carbonyl (C=O) groups excluding carboxylic acids is 2. The maximum atomic E-state index is 12.1. The van der Waals surface area contributed by atoms with Crippen LogP contribution in [-0.2, 0) is 11.2 Å². The molecule has 0 saturated heterocycles. The number of benzene rings is 1. The highest BCUT2D eigenvalue weighted by Gasteiger charge is 2.44. The molecule has 0 saturated carbocycles. The fourth-order valence-electron chi connectivity index (χ4n) is 4.07. The van der Waals surface area contributed by atoms with Gasteiger partial charge in [-0.05, 0) is 42.5 Å². The molecule has 1 aromatic carbocycles. The predicted molar refractivity (Wildman–Crippen MR) is 103 cm³/mol. The molecule has 140 valence electrons. The van der Waals surface area contributed by atoms with Crippen molar-refractivity contribution in [2.75, 3.05) is 6.61 Å². The molecule has 2 aliphatic carbocycles. The molecule has 1 unspecified atom stereocenters. The Balaban J connectivity index is 1.67. The zero-order valence-corrected chi connectivity index (χ0v) is 16.3. The van der Waals surface area contributed by atoms with Crippen LogP contribution in [0.2, 0.25) is 10.0 Å². The van der Waals surface area contributed by atoms with Crippen molar-refractivity contribution in [1.82, 2.24) is 9.55 Å². The van der Waals surface area contributed by atoms with Crippen molar-refractivity contribution in [2.24, 2.45) is 5.41 Å². The van der Waals surface area contributed by atoms with E-state index in [0.29, 0.717) is 17.2 Å². The zero-order chi connectivity index (χ0) is 19.2. The van der Waals surface area contributed by atoms with Crippen molar-refractivity contribution in [2.45, 2.75) is 32.6 Å². The number of ketones is 1. The number of fused-ring (bicyclic) bond motifs is 3. The maximum Gasteiger partial charge on any atom is 0.269 e. The van der Waals surface area contributed by atoms with E-state index in [2.05, 4.69) is 11.9 Å². The lowest BCUT2D eigenvalue weighted by molar-refractivity contribution is -0.115. The molecule has 0 amide bonds. The van der Waals surface area contributed by atoms with Crippen molar-refractivity contribution < 1.29 is 14.3 Å². The molecule has 7 heteroatoms. The molecule has 0 radical (unpaired) electrons. The number of imidazole rings is 1. The van der Waals surface area contributed by atoms with Gasteiger partial charge < -0.3 is 4.74 Å². The summed E-state index contributed by atoms with van der Waals surface area (Å²) in [4.78, 5) is 28.0. The van der Waals surface area contributed by atoms with Gasteiger partial charge >= 0.3 is 0 Å². The van der Waals surface area contributed by atoms with E-state index in [-0.39, 0.29) is 28.7 Å². The molecule has 4 rings (SSSR count). The van der Waals surface area contributed by atoms with Crippen molar-refractivity contribution in [3.8, 4) is 5.75 Å². The van der Waals surface area contributed by atoms with E-state index in [9.17, 15) is 9.59 Å². The highest BCUT2D eigenvalue weighted by molar-refractivity contribution is 6.44. The molecule has 1 heterocycles. The summed E-state index contributed by atoms with van der Waals surface area (Å²) in [5, 5.41) is 0.648. The SMILES string of the molecule is CCC12CCC(=O)C=C1c1c(cc(OCC(=O)n3ccnc3)c(Cl)c1Cl)C2. The van der Waals surface area contributed by atoms with Gasteiger partial charge in [0.1, 0.15) is 17.1 Å². The number of ether oxygens (including phenoxy) is 1. The summed E-state index contributed by atoms with van der Waals surface area (Å²) in [6.45, 7) is 1.96. The Morgan fingerprint density at radius 3 is 2.89 bits per heavy atom. The first kappa shape index (κ1) is 18.3. The third-order valence-corrected chi connectivity index (χ3v) is 6.45. The molecule has 5 nitrogen and oxygen atoms in total. The second kappa shape index (κ2) is 6.80. The van der Waals surface area contributed by atoms with E-state index < -0.39 is 0 Å². The summed E-state index contributed by atoms with van der Waals surface area (Å²) < 4.78 is 7.02. The molecule has 0 bridgehead atoms. The number of aromatic nitrogens is 2. The number of hydrogen-bond donors (Lipinski definition) is 0. The van der Waals surface area contributed by atoms with Gasteiger partial charge in [-0.2, -0.15) is 0 Å². The fourth-order valence-corrected chi connectivity index (χ4v) is 4.59. The monoisotopic (exact) mass is 404 g/mol. The van der Waals surface area contributed by atoms with Crippen molar-refractivity contribution in [1.29, 1.82) is 0 Å². The Labute approximate surface area is 166 Å². The predicted octanol–water partition coefficient (Wildman–Crippen LogP) is 4.61. The first-order chi connectivity index (χ1) is 12.9. The van der Waals surface area contributed by atoms with Crippen molar-refractivity contribution in [3.05, 3.63) is 52.0 Å². The van der Waals surface area contributed by atoms with Gasteiger partial charge in [0.15, 0.2) is 12.4 Å². The molecule has 0 spiro atoms. The van der Waals surface area contributed by atoms with Crippen LogP contribution in [0.25, 0.3) is 5.57 Å². The van der Waals surface area contributed by atoms with Crippen LogP contribution in [-0.4, -0.2) is 27.8 Å². The largest absolute Gasteiger partial charge is 0.482 e. The Bertz CT molecular complexity index is 966. The lowest BCUT2D eigenvalue weighted by atomic mass is 9.71. The highest BCUT2D eigenvalue weighted by atomic mass is 35.5. The number of nitrogens with zero attached hydrogens (tertiary/aromatic N) is 2. The summed E-state index contributed by atoms with van der Waals surface area (Å²) in [5.74, 6) is 0.248. The topological polar surface area (TPSA) is 61.2 Å². The van der Waals surface area contributed by atoms with E-state index in [4.69, 9.17) is 27.9 Å². The second-order valence-electron chi connectivity index (χ2n) is 7.02. The number of allylic oxidation sites excluding steroid dienone is 2. The van der Waals surface area contributed by atoms with Gasteiger partial charge in [-0.15, -0.1) is 0 Å². The van der Waals surface area contributed by atoms with Gasteiger partial charge in [-0.3, -0.25) is 14.2 Å². The van der Waals surface area contributed by atoms with E-state index in [0.717, 1.165) is 36.0 Å². The standard InChI is InChI=1S/C20H18Cl2N2O3/c1-2-20-4-3-13(25)8-14(20)17-12(9-20)7-15(18(21)19(17)22)27-10-16(26)24-6-5-23-11-24/h5-8,11H,2-4,9-10H2,1H3. The minimum absolute atomic E-state index is 0.0749. The minimum atomic E-state index is -0.257. The minimum Gasteiger partial charge on any atom is -0.482 e. The first-order valence-electron chi connectivity index (χ1n) is 8.85. The Kier molecular flexibility index (Phi) is 4.60. The quantitative estimate of drug-likeness (QED) is 0.746. The van der Waals surface area contributed by atoms with Crippen LogP contribution >= 0.6 is 23.2 Å². The lowest BCUT2D eigenvalue weighted by Crippen LogP contribution is -2.24. The van der Waals surface area contributed by atoms with Gasteiger partial charge in [0.25, 0.3) is 5.91 Å². The van der Waals surface area contributed by atoms with E-state index in [1.165, 1.54) is 17.1 Å². The highest BCUT2D eigenvalue weighted by Crippen LogP contribution is 2.57. The third-order valence-electron chi connectivity index (χ3n) is 5.60. The lowest BCUT2D eigenvalue weighted by Gasteiger charge is -2.32. The molecule has 2 aliphatic rings. The number of carbonyl (C=O) groups is 2. The van der Waals surface area contributed by atoms with Crippen LogP contribution < -0.4 is 4.74 Å². The molecular formula is C20H18Cl2N2O3. The second-order valence-corrected chi connectivity index (χ2v) is 7.78. The fraction of sp³-hybridized carbons (Fsp3) is 0.350. The average Bonchev–Trinajstić information content (AvgIpc) is 3.29. The molecular weight excluding hydrogens is 387 g/mol. The van der Waals surface area contributed by atoms with Gasteiger partial charge in [0.2, 0.25) is 0 Å². The van der Waals surface area contributed by atoms with Crippen LogP contribution in [0.15, 0.2) is 30.9 Å². The van der Waals surface area contributed by atoms with Crippen molar-refractivity contribution >= 4 is 40.5 Å². The summed E-state index contributed by atoms with van der Waals surface area (Å²) >= 11 is 13.0. The van der Waals surface area contributed by atoms with Crippen molar-refractivity contribution in [3.63, 3.8) is 0 Å². The van der Waals surface area contributed by atoms with Crippen LogP contribution in [0.5, 0.6) is 5.75 Å². The summed E-state index contributed by atoms with van der Waals surface area (Å²) in [6, 6.07) is 1.85. The van der Waals surface area contributed by atoms with Crippen LogP contribution in [0.4, 0.5) is 0 Å². The van der Waals surface area contributed by atoms with E-state index >= 15 is 0 Å². The van der Waals surface area contributed by atoms with E-state index in [1.807, 2.05) is 6.07 Å². The van der Waals surface area contributed by atoms with Crippen LogP contribution in [0.1, 0.15) is 42.1 Å². The Morgan fingerprint density at radius 2 is 2.19 bits per heavy atom. The molecule has 0 aliphatic heterocycles. The average molecular weight is 405 g/mol. The zero-order valence-electron chi connectivity index (χ0n) is 14.8.